The summed E-state index contributed by atoms with van der Waals surface area (Å²) in [4.78, 5) is 45.6. The Bertz CT molecular complexity index is 624. The van der Waals surface area contributed by atoms with Crippen LogP contribution in [-0.4, -0.2) is 23.8 Å². The van der Waals surface area contributed by atoms with Gasteiger partial charge >= 0.3 is 6.03 Å². The molecule has 0 atom stereocenters. The fourth-order valence-electron chi connectivity index (χ4n) is 1.60. The van der Waals surface area contributed by atoms with Gasteiger partial charge in [-0.15, -0.1) is 0 Å². The molecule has 0 radical (unpaired) electrons. The van der Waals surface area contributed by atoms with E-state index in [4.69, 9.17) is 5.26 Å². The topological polar surface area (TPSA) is 128 Å². The first-order valence-corrected chi connectivity index (χ1v) is 5.48. The third-order valence-electron chi connectivity index (χ3n) is 2.54. The highest BCUT2D eigenvalue weighted by molar-refractivity contribution is 6.28. The Kier molecular flexibility index (Phi) is 3.43. The van der Waals surface area contributed by atoms with E-state index in [9.17, 15) is 19.2 Å². The van der Waals surface area contributed by atoms with E-state index in [1.807, 2.05) is 16.7 Å². The molecule has 0 spiro atoms. The SMILES string of the molecule is N#Cc1ccc(NC(=O)C2C(=O)NC(=O)NC2=O)cc1. The van der Waals surface area contributed by atoms with Crippen LogP contribution in [0.15, 0.2) is 24.3 Å². The van der Waals surface area contributed by atoms with Gasteiger partial charge in [0.05, 0.1) is 11.6 Å². The van der Waals surface area contributed by atoms with Crippen LogP contribution in [0.25, 0.3) is 0 Å². The Morgan fingerprint density at radius 1 is 1.10 bits per heavy atom. The molecule has 1 aromatic rings. The van der Waals surface area contributed by atoms with Crippen molar-refractivity contribution in [1.29, 1.82) is 5.26 Å². The number of amides is 5. The molecule has 100 valence electrons. The van der Waals surface area contributed by atoms with Crippen LogP contribution in [0.1, 0.15) is 5.56 Å². The standard InChI is InChI=1S/C12H8N4O4/c13-5-6-1-3-7(4-2-6)14-9(17)8-10(18)15-12(20)16-11(8)19/h1-4,8H,(H,14,17)(H2,15,16,18,19,20). The van der Waals surface area contributed by atoms with Crippen molar-refractivity contribution in [1.82, 2.24) is 10.6 Å². The second-order valence-corrected chi connectivity index (χ2v) is 3.92. The summed E-state index contributed by atoms with van der Waals surface area (Å²) < 4.78 is 0. The molecular formula is C12H8N4O4. The van der Waals surface area contributed by atoms with Gasteiger partial charge in [-0.2, -0.15) is 5.26 Å². The zero-order valence-electron chi connectivity index (χ0n) is 9.97. The lowest BCUT2D eigenvalue weighted by molar-refractivity contribution is -0.141. The summed E-state index contributed by atoms with van der Waals surface area (Å²) in [6.45, 7) is 0. The number of urea groups is 1. The van der Waals surface area contributed by atoms with Gasteiger partial charge in [-0.1, -0.05) is 0 Å². The van der Waals surface area contributed by atoms with Gasteiger partial charge in [-0.3, -0.25) is 25.0 Å². The van der Waals surface area contributed by atoms with E-state index in [1.54, 1.807) is 0 Å². The lowest BCUT2D eigenvalue weighted by Gasteiger charge is -2.19. The summed E-state index contributed by atoms with van der Waals surface area (Å²) in [5, 5.41) is 14.7. The molecule has 0 unspecified atom stereocenters. The van der Waals surface area contributed by atoms with Gasteiger partial charge in [-0.05, 0) is 24.3 Å². The van der Waals surface area contributed by atoms with Crippen LogP contribution < -0.4 is 16.0 Å². The molecule has 1 aliphatic rings. The number of imide groups is 2. The molecule has 0 bridgehead atoms. The van der Waals surface area contributed by atoms with E-state index in [0.29, 0.717) is 11.3 Å². The largest absolute Gasteiger partial charge is 0.328 e. The predicted molar refractivity (Wildman–Crippen MR) is 65.0 cm³/mol. The number of anilines is 1. The number of carbonyl (C=O) groups is 4. The van der Waals surface area contributed by atoms with Gasteiger partial charge < -0.3 is 5.32 Å². The minimum absolute atomic E-state index is 0.325. The number of carbonyl (C=O) groups excluding carboxylic acids is 4. The normalized spacial score (nSPS) is 15.1. The molecular weight excluding hydrogens is 264 g/mol. The molecule has 1 saturated heterocycles. The molecule has 0 aliphatic carbocycles. The van der Waals surface area contributed by atoms with Gasteiger partial charge in [0.1, 0.15) is 0 Å². The Hall–Kier alpha value is -3.21. The minimum Gasteiger partial charge on any atom is -0.325 e. The number of nitriles is 1. The van der Waals surface area contributed by atoms with Crippen LogP contribution in [0.5, 0.6) is 0 Å². The second kappa shape index (κ2) is 5.19. The number of nitrogens with zero attached hydrogens (tertiary/aromatic N) is 1. The summed E-state index contributed by atoms with van der Waals surface area (Å²) in [7, 11) is 0. The van der Waals surface area contributed by atoms with Crippen LogP contribution in [-0.2, 0) is 14.4 Å². The summed E-state index contributed by atoms with van der Waals surface area (Å²) in [6, 6.07) is 6.82. The first kappa shape index (κ1) is 13.2. The number of nitrogens with one attached hydrogen (secondary N) is 3. The average molecular weight is 272 g/mol. The Morgan fingerprint density at radius 2 is 1.65 bits per heavy atom. The molecule has 20 heavy (non-hydrogen) atoms. The van der Waals surface area contributed by atoms with Crippen LogP contribution in [0.4, 0.5) is 10.5 Å². The highest BCUT2D eigenvalue weighted by Gasteiger charge is 2.39. The maximum absolute atomic E-state index is 11.8. The van der Waals surface area contributed by atoms with E-state index >= 15 is 0 Å². The van der Waals surface area contributed by atoms with E-state index < -0.39 is 29.7 Å². The van der Waals surface area contributed by atoms with Gasteiger partial charge in [0.15, 0.2) is 5.92 Å². The zero-order chi connectivity index (χ0) is 14.7. The Labute approximate surface area is 112 Å². The maximum atomic E-state index is 11.8. The van der Waals surface area contributed by atoms with Gasteiger partial charge in [0.2, 0.25) is 17.7 Å². The lowest BCUT2D eigenvalue weighted by atomic mass is 10.1. The fourth-order valence-corrected chi connectivity index (χ4v) is 1.60. The summed E-state index contributed by atoms with van der Waals surface area (Å²) in [5.41, 5.74) is 0.730. The third kappa shape index (κ3) is 2.62. The first-order chi connectivity index (χ1) is 9.51. The van der Waals surface area contributed by atoms with Crippen LogP contribution >= 0.6 is 0 Å². The number of hydrogen-bond donors (Lipinski definition) is 3. The maximum Gasteiger partial charge on any atom is 0.328 e. The lowest BCUT2D eigenvalue weighted by Crippen LogP contribution is -2.58. The molecule has 5 amide bonds. The number of hydrogen-bond acceptors (Lipinski definition) is 5. The van der Waals surface area contributed by atoms with E-state index in [2.05, 4.69) is 5.32 Å². The Balaban J connectivity index is 2.11. The van der Waals surface area contributed by atoms with Crippen molar-refractivity contribution in [3.8, 4) is 6.07 Å². The number of benzene rings is 1. The average Bonchev–Trinajstić information content (AvgIpc) is 2.38. The van der Waals surface area contributed by atoms with Crippen LogP contribution in [0.2, 0.25) is 0 Å². The van der Waals surface area contributed by atoms with E-state index in [0.717, 1.165) is 0 Å². The summed E-state index contributed by atoms with van der Waals surface area (Å²) in [6.07, 6.45) is 0. The quantitative estimate of drug-likeness (QED) is 0.624. The predicted octanol–water partition coefficient (Wildman–Crippen LogP) is -0.521. The monoisotopic (exact) mass is 272 g/mol. The molecule has 1 aliphatic heterocycles. The van der Waals surface area contributed by atoms with Crippen molar-refractivity contribution in [2.75, 3.05) is 5.32 Å². The number of rotatable bonds is 2. The highest BCUT2D eigenvalue weighted by Crippen LogP contribution is 2.12. The van der Waals surface area contributed by atoms with Crippen molar-refractivity contribution < 1.29 is 19.2 Å². The zero-order valence-corrected chi connectivity index (χ0v) is 9.97. The third-order valence-corrected chi connectivity index (χ3v) is 2.54. The Morgan fingerprint density at radius 3 is 2.15 bits per heavy atom. The van der Waals surface area contributed by atoms with Crippen molar-refractivity contribution in [3.05, 3.63) is 29.8 Å². The summed E-state index contributed by atoms with van der Waals surface area (Å²) >= 11 is 0. The second-order valence-electron chi connectivity index (χ2n) is 3.92. The molecule has 1 aromatic carbocycles. The molecule has 0 aromatic heterocycles. The van der Waals surface area contributed by atoms with Gasteiger partial charge in [-0.25, -0.2) is 4.79 Å². The molecule has 1 fully saturated rings. The van der Waals surface area contributed by atoms with Crippen LogP contribution in [0.3, 0.4) is 0 Å². The van der Waals surface area contributed by atoms with Crippen molar-refractivity contribution in [3.63, 3.8) is 0 Å². The van der Waals surface area contributed by atoms with E-state index in [-0.39, 0.29) is 0 Å². The molecule has 2 rings (SSSR count). The summed E-state index contributed by atoms with van der Waals surface area (Å²) in [5.74, 6) is -4.46. The van der Waals surface area contributed by atoms with E-state index in [1.165, 1.54) is 24.3 Å². The molecule has 3 N–H and O–H groups in total. The van der Waals surface area contributed by atoms with Crippen LogP contribution in [0, 0.1) is 17.2 Å². The molecule has 8 heteroatoms. The molecule has 0 saturated carbocycles. The molecule has 1 heterocycles. The van der Waals surface area contributed by atoms with Crippen molar-refractivity contribution >= 4 is 29.4 Å². The number of barbiturate groups is 1. The van der Waals surface area contributed by atoms with Gasteiger partial charge in [0.25, 0.3) is 0 Å². The van der Waals surface area contributed by atoms with Gasteiger partial charge in [0, 0.05) is 5.69 Å². The highest BCUT2D eigenvalue weighted by atomic mass is 16.2. The molecule has 8 nitrogen and oxygen atoms in total. The first-order valence-electron chi connectivity index (χ1n) is 5.48. The van der Waals surface area contributed by atoms with Crippen molar-refractivity contribution in [2.24, 2.45) is 5.92 Å². The smallest absolute Gasteiger partial charge is 0.325 e. The van der Waals surface area contributed by atoms with Crippen molar-refractivity contribution in [2.45, 2.75) is 0 Å². The fraction of sp³-hybridized carbons (Fsp3) is 0.0833. The minimum atomic E-state index is -1.64.